The summed E-state index contributed by atoms with van der Waals surface area (Å²) < 4.78 is 10.2. The molecule has 0 bridgehead atoms. The number of carbonyl (C=O) groups excluding carboxylic acids is 1. The second-order valence-electron chi connectivity index (χ2n) is 3.79. The molecule has 1 heterocycles. The van der Waals surface area contributed by atoms with E-state index in [1.54, 1.807) is 6.92 Å². The molecule has 0 atom stereocenters. The van der Waals surface area contributed by atoms with Crippen molar-refractivity contribution in [3.05, 3.63) is 47.2 Å². The zero-order valence-electron chi connectivity index (χ0n) is 10.3. The lowest BCUT2D eigenvalue weighted by Gasteiger charge is -2.03. The third-order valence-electron chi connectivity index (χ3n) is 2.57. The third kappa shape index (κ3) is 2.51. The van der Waals surface area contributed by atoms with Crippen molar-refractivity contribution in [2.45, 2.75) is 13.5 Å². The van der Waals surface area contributed by atoms with Crippen LogP contribution in [0.2, 0.25) is 0 Å². The van der Waals surface area contributed by atoms with Crippen LogP contribution in [0.5, 0.6) is 5.88 Å². The highest BCUT2D eigenvalue weighted by atomic mass is 16.5. The van der Waals surface area contributed by atoms with Gasteiger partial charge in [-0.2, -0.15) is 0 Å². The van der Waals surface area contributed by atoms with Crippen LogP contribution in [0.4, 0.5) is 0 Å². The predicted octanol–water partition coefficient (Wildman–Crippen LogP) is 2.08. The van der Waals surface area contributed by atoms with E-state index in [-0.39, 0.29) is 0 Å². The number of hydrogen-bond acceptors (Lipinski definition) is 4. The van der Waals surface area contributed by atoms with Crippen LogP contribution in [-0.4, -0.2) is 23.3 Å². The molecule has 1 aromatic heterocycles. The van der Waals surface area contributed by atoms with Gasteiger partial charge in [-0.3, -0.25) is 5.10 Å². The summed E-state index contributed by atoms with van der Waals surface area (Å²) in [4.78, 5) is 11.4. The Labute approximate surface area is 105 Å². The molecule has 0 fully saturated rings. The van der Waals surface area contributed by atoms with Crippen molar-refractivity contribution in [2.24, 2.45) is 0 Å². The average Bonchev–Trinajstić information content (AvgIpc) is 2.78. The fourth-order valence-corrected chi connectivity index (χ4v) is 1.55. The van der Waals surface area contributed by atoms with Crippen molar-refractivity contribution in [3.8, 4) is 5.88 Å². The van der Waals surface area contributed by atoms with Gasteiger partial charge in [-0.05, 0) is 12.5 Å². The first-order valence-corrected chi connectivity index (χ1v) is 5.52. The number of benzene rings is 1. The van der Waals surface area contributed by atoms with Crippen molar-refractivity contribution >= 4 is 5.97 Å². The Hall–Kier alpha value is -2.30. The lowest BCUT2D eigenvalue weighted by atomic mass is 10.2. The molecule has 0 spiro atoms. The van der Waals surface area contributed by atoms with E-state index in [1.807, 2.05) is 30.3 Å². The number of nitrogens with zero attached hydrogens (tertiary/aromatic N) is 1. The number of methoxy groups -OCH3 is 1. The minimum absolute atomic E-state index is 0.320. The summed E-state index contributed by atoms with van der Waals surface area (Å²) in [5.41, 5.74) is 2.01. The second-order valence-corrected chi connectivity index (χ2v) is 3.79. The van der Waals surface area contributed by atoms with Crippen LogP contribution in [0.15, 0.2) is 30.3 Å². The standard InChI is InChI=1S/C13H14N2O3/c1-9-11(13(16)17-2)14-15-12(9)18-8-10-6-4-3-5-7-10/h3-7H,8H2,1-2H3,(H,14,15). The number of nitrogens with one attached hydrogen (secondary N) is 1. The molecular weight excluding hydrogens is 232 g/mol. The van der Waals surface area contributed by atoms with Gasteiger partial charge in [0.15, 0.2) is 0 Å². The maximum atomic E-state index is 11.4. The number of ether oxygens (including phenoxy) is 2. The fraction of sp³-hybridized carbons (Fsp3) is 0.231. The van der Waals surface area contributed by atoms with Crippen molar-refractivity contribution < 1.29 is 14.3 Å². The van der Waals surface area contributed by atoms with Crippen molar-refractivity contribution in [2.75, 3.05) is 7.11 Å². The molecule has 18 heavy (non-hydrogen) atoms. The lowest BCUT2D eigenvalue weighted by molar-refractivity contribution is 0.0593. The molecule has 0 aliphatic rings. The van der Waals surface area contributed by atoms with E-state index in [0.29, 0.717) is 23.7 Å². The molecule has 5 heteroatoms. The molecule has 0 saturated heterocycles. The Bertz CT molecular complexity index is 534. The van der Waals surface area contributed by atoms with Gasteiger partial charge in [0.2, 0.25) is 5.88 Å². The minimum atomic E-state index is -0.449. The molecule has 2 aromatic rings. The highest BCUT2D eigenvalue weighted by molar-refractivity contribution is 5.89. The van der Waals surface area contributed by atoms with Crippen molar-refractivity contribution in [1.82, 2.24) is 10.2 Å². The monoisotopic (exact) mass is 246 g/mol. The van der Waals surface area contributed by atoms with Crippen LogP contribution >= 0.6 is 0 Å². The largest absolute Gasteiger partial charge is 0.472 e. The Morgan fingerprint density at radius 3 is 2.72 bits per heavy atom. The van der Waals surface area contributed by atoms with Gasteiger partial charge < -0.3 is 9.47 Å². The summed E-state index contributed by atoms with van der Waals surface area (Å²) in [6.07, 6.45) is 0. The first-order chi connectivity index (χ1) is 8.72. The molecule has 0 aliphatic heterocycles. The smallest absolute Gasteiger partial charge is 0.356 e. The Morgan fingerprint density at radius 1 is 1.33 bits per heavy atom. The third-order valence-corrected chi connectivity index (χ3v) is 2.57. The summed E-state index contributed by atoms with van der Waals surface area (Å²) in [6, 6.07) is 9.75. The van der Waals surface area contributed by atoms with E-state index >= 15 is 0 Å². The summed E-state index contributed by atoms with van der Waals surface area (Å²) in [5.74, 6) is -0.0335. The Balaban J connectivity index is 2.07. The first kappa shape index (κ1) is 12.2. The maximum absolute atomic E-state index is 11.4. The normalized spacial score (nSPS) is 10.1. The number of rotatable bonds is 4. The SMILES string of the molecule is COC(=O)c1[nH]nc(OCc2ccccc2)c1C. The number of esters is 1. The quantitative estimate of drug-likeness (QED) is 0.839. The first-order valence-electron chi connectivity index (χ1n) is 5.52. The molecule has 0 saturated carbocycles. The molecule has 1 aromatic carbocycles. The van der Waals surface area contributed by atoms with Crippen LogP contribution in [-0.2, 0) is 11.3 Å². The zero-order valence-corrected chi connectivity index (χ0v) is 10.3. The molecular formula is C13H14N2O3. The predicted molar refractivity (Wildman–Crippen MR) is 65.4 cm³/mol. The average molecular weight is 246 g/mol. The summed E-state index contributed by atoms with van der Waals surface area (Å²) in [7, 11) is 1.33. The number of carbonyl (C=O) groups is 1. The maximum Gasteiger partial charge on any atom is 0.356 e. The van der Waals surface area contributed by atoms with Crippen LogP contribution < -0.4 is 4.74 Å². The number of aromatic amines is 1. The van der Waals surface area contributed by atoms with E-state index in [9.17, 15) is 4.79 Å². The Kier molecular flexibility index (Phi) is 3.62. The molecule has 94 valence electrons. The van der Waals surface area contributed by atoms with Gasteiger partial charge in [-0.25, -0.2) is 4.79 Å². The topological polar surface area (TPSA) is 64.2 Å². The van der Waals surface area contributed by atoms with Crippen LogP contribution in [0.25, 0.3) is 0 Å². The Morgan fingerprint density at radius 2 is 2.06 bits per heavy atom. The van der Waals surface area contributed by atoms with E-state index in [4.69, 9.17) is 4.74 Å². The summed E-state index contributed by atoms with van der Waals surface area (Å²) in [5, 5.41) is 6.56. The van der Waals surface area contributed by atoms with Crippen LogP contribution in [0, 0.1) is 6.92 Å². The van der Waals surface area contributed by atoms with Gasteiger partial charge in [-0.1, -0.05) is 30.3 Å². The van der Waals surface area contributed by atoms with Gasteiger partial charge in [0.1, 0.15) is 12.3 Å². The highest BCUT2D eigenvalue weighted by Gasteiger charge is 2.16. The molecule has 1 N–H and O–H groups in total. The zero-order chi connectivity index (χ0) is 13.0. The molecule has 0 radical (unpaired) electrons. The van der Waals surface area contributed by atoms with Gasteiger partial charge in [0.25, 0.3) is 0 Å². The highest BCUT2D eigenvalue weighted by Crippen LogP contribution is 2.19. The van der Waals surface area contributed by atoms with E-state index in [1.165, 1.54) is 7.11 Å². The van der Waals surface area contributed by atoms with Gasteiger partial charge >= 0.3 is 5.97 Å². The molecule has 0 unspecified atom stereocenters. The summed E-state index contributed by atoms with van der Waals surface area (Å²) >= 11 is 0. The van der Waals surface area contributed by atoms with Crippen molar-refractivity contribution in [3.63, 3.8) is 0 Å². The van der Waals surface area contributed by atoms with Gasteiger partial charge in [0.05, 0.1) is 7.11 Å². The summed E-state index contributed by atoms with van der Waals surface area (Å²) in [6.45, 7) is 2.17. The number of hydrogen-bond donors (Lipinski definition) is 1. The van der Waals surface area contributed by atoms with E-state index in [2.05, 4.69) is 14.9 Å². The van der Waals surface area contributed by atoms with E-state index < -0.39 is 5.97 Å². The van der Waals surface area contributed by atoms with Crippen LogP contribution in [0.1, 0.15) is 21.6 Å². The number of H-pyrrole nitrogens is 1. The van der Waals surface area contributed by atoms with Gasteiger partial charge in [0, 0.05) is 5.56 Å². The molecule has 0 amide bonds. The lowest BCUT2D eigenvalue weighted by Crippen LogP contribution is -2.03. The molecule has 5 nitrogen and oxygen atoms in total. The van der Waals surface area contributed by atoms with E-state index in [0.717, 1.165) is 5.56 Å². The van der Waals surface area contributed by atoms with Crippen molar-refractivity contribution in [1.29, 1.82) is 0 Å². The van der Waals surface area contributed by atoms with Crippen LogP contribution in [0.3, 0.4) is 0 Å². The fourth-order valence-electron chi connectivity index (χ4n) is 1.55. The minimum Gasteiger partial charge on any atom is -0.472 e. The van der Waals surface area contributed by atoms with Gasteiger partial charge in [-0.15, -0.1) is 5.10 Å². The number of aromatic nitrogens is 2. The second kappa shape index (κ2) is 5.35. The molecule has 2 rings (SSSR count). The molecule has 0 aliphatic carbocycles.